The summed E-state index contributed by atoms with van der Waals surface area (Å²) >= 11 is 1.62. The summed E-state index contributed by atoms with van der Waals surface area (Å²) in [5.41, 5.74) is 0.965. The zero-order valence-corrected chi connectivity index (χ0v) is 13.1. The molecule has 6 heteroatoms. The van der Waals surface area contributed by atoms with Crippen molar-refractivity contribution in [2.45, 2.75) is 32.2 Å². The predicted molar refractivity (Wildman–Crippen MR) is 82.4 cm³/mol. The number of aromatic nitrogens is 1. The van der Waals surface area contributed by atoms with Crippen molar-refractivity contribution in [1.29, 1.82) is 0 Å². The van der Waals surface area contributed by atoms with E-state index in [1.165, 1.54) is 0 Å². The van der Waals surface area contributed by atoms with Crippen LogP contribution in [0.3, 0.4) is 0 Å². The zero-order valence-electron chi connectivity index (χ0n) is 11.4. The normalized spacial score (nSPS) is 20.8. The summed E-state index contributed by atoms with van der Waals surface area (Å²) in [6.45, 7) is 2.53. The number of hydrogen-bond donors (Lipinski definition) is 0. The molecule has 0 amide bonds. The molecule has 2 aromatic rings. The van der Waals surface area contributed by atoms with Crippen LogP contribution >= 0.6 is 11.3 Å². The molecule has 3 rings (SSSR count). The molecule has 1 fully saturated rings. The monoisotopic (exact) mass is 310 g/mol. The minimum atomic E-state index is -3.14. The zero-order chi connectivity index (χ0) is 14.2. The van der Waals surface area contributed by atoms with Crippen LogP contribution in [0.25, 0.3) is 10.2 Å². The van der Waals surface area contributed by atoms with Crippen molar-refractivity contribution in [3.05, 3.63) is 29.3 Å². The maximum absolute atomic E-state index is 12.3. The van der Waals surface area contributed by atoms with Crippen LogP contribution in [0.4, 0.5) is 0 Å². The number of rotatable bonds is 4. The fourth-order valence-electron chi connectivity index (χ4n) is 2.73. The van der Waals surface area contributed by atoms with Gasteiger partial charge in [-0.1, -0.05) is 19.1 Å². The van der Waals surface area contributed by atoms with E-state index >= 15 is 0 Å². The highest BCUT2D eigenvalue weighted by molar-refractivity contribution is 7.89. The number of nitrogens with zero attached hydrogens (tertiary/aromatic N) is 2. The Morgan fingerprint density at radius 2 is 2.20 bits per heavy atom. The summed E-state index contributed by atoms with van der Waals surface area (Å²) in [5, 5.41) is 0.934. The Morgan fingerprint density at radius 1 is 1.40 bits per heavy atom. The first-order valence-corrected chi connectivity index (χ1v) is 9.39. The number of benzene rings is 1. The quantitative estimate of drug-likeness (QED) is 0.871. The Hall–Kier alpha value is -0.980. The van der Waals surface area contributed by atoms with Gasteiger partial charge in [0.05, 0.1) is 22.0 Å². The lowest BCUT2D eigenvalue weighted by Crippen LogP contribution is -2.32. The van der Waals surface area contributed by atoms with Crippen molar-refractivity contribution in [2.75, 3.05) is 12.3 Å². The summed E-state index contributed by atoms with van der Waals surface area (Å²) in [5.74, 6) is 0.231. The van der Waals surface area contributed by atoms with Crippen molar-refractivity contribution in [3.8, 4) is 0 Å². The third-order valence-electron chi connectivity index (χ3n) is 3.62. The van der Waals surface area contributed by atoms with Gasteiger partial charge < -0.3 is 0 Å². The van der Waals surface area contributed by atoms with Gasteiger partial charge in [0.2, 0.25) is 10.0 Å². The number of sulfonamides is 1. The van der Waals surface area contributed by atoms with Gasteiger partial charge in [-0.25, -0.2) is 13.4 Å². The molecule has 0 bridgehead atoms. The molecular weight excluding hydrogens is 292 g/mol. The van der Waals surface area contributed by atoms with Gasteiger partial charge in [-0.05, 0) is 31.4 Å². The predicted octanol–water partition coefficient (Wildman–Crippen LogP) is 3.17. The fourth-order valence-corrected chi connectivity index (χ4v) is 5.66. The first-order chi connectivity index (χ1) is 9.62. The molecule has 1 aromatic carbocycles. The molecule has 0 aliphatic carbocycles. The van der Waals surface area contributed by atoms with Gasteiger partial charge in [0.1, 0.15) is 5.01 Å². The first-order valence-electron chi connectivity index (χ1n) is 6.97. The third-order valence-corrected chi connectivity index (χ3v) is 6.83. The van der Waals surface area contributed by atoms with Crippen molar-refractivity contribution >= 4 is 31.6 Å². The van der Waals surface area contributed by atoms with Gasteiger partial charge in [-0.2, -0.15) is 4.31 Å². The summed E-state index contributed by atoms with van der Waals surface area (Å²) < 4.78 is 27.5. The minimum absolute atomic E-state index is 0.0658. The second kappa shape index (κ2) is 5.42. The van der Waals surface area contributed by atoms with E-state index < -0.39 is 10.0 Å². The van der Waals surface area contributed by atoms with E-state index in [4.69, 9.17) is 0 Å². The molecule has 0 radical (unpaired) electrons. The maximum atomic E-state index is 12.3. The van der Waals surface area contributed by atoms with E-state index in [1.54, 1.807) is 15.6 Å². The van der Waals surface area contributed by atoms with Gasteiger partial charge in [0, 0.05) is 6.54 Å². The van der Waals surface area contributed by atoms with Crippen molar-refractivity contribution in [3.63, 3.8) is 0 Å². The van der Waals surface area contributed by atoms with Crippen molar-refractivity contribution < 1.29 is 8.42 Å². The molecule has 108 valence electrons. The van der Waals surface area contributed by atoms with Crippen LogP contribution in [-0.2, 0) is 10.0 Å². The highest BCUT2D eigenvalue weighted by atomic mass is 32.2. The fraction of sp³-hybridized carbons (Fsp3) is 0.500. The summed E-state index contributed by atoms with van der Waals surface area (Å²) in [7, 11) is -3.14. The molecule has 4 nitrogen and oxygen atoms in total. The average molecular weight is 310 g/mol. The second-order valence-corrected chi connectivity index (χ2v) is 8.21. The SMILES string of the molecule is CCCS(=O)(=O)N1CCC[C@@H]1c1nc2ccccc2s1. The van der Waals surface area contributed by atoms with Gasteiger partial charge in [-0.15, -0.1) is 11.3 Å². The Kier molecular flexibility index (Phi) is 3.79. The number of para-hydroxylation sites is 1. The highest BCUT2D eigenvalue weighted by Crippen LogP contribution is 2.38. The van der Waals surface area contributed by atoms with Crippen LogP contribution < -0.4 is 0 Å². The Balaban J connectivity index is 1.96. The van der Waals surface area contributed by atoms with E-state index in [2.05, 4.69) is 4.98 Å². The standard InChI is InChI=1S/C14H18N2O2S2/c1-2-10-20(17,18)16-9-5-7-12(16)14-15-11-6-3-4-8-13(11)19-14/h3-4,6,8,12H,2,5,7,9-10H2,1H3/t12-/m1/s1. The van der Waals surface area contributed by atoms with E-state index in [0.29, 0.717) is 13.0 Å². The second-order valence-electron chi connectivity index (χ2n) is 5.10. The molecule has 1 aromatic heterocycles. The van der Waals surface area contributed by atoms with E-state index in [-0.39, 0.29) is 11.8 Å². The number of fused-ring (bicyclic) bond motifs is 1. The summed E-state index contributed by atoms with van der Waals surface area (Å²) in [6.07, 6.45) is 2.46. The largest absolute Gasteiger partial charge is 0.239 e. The topological polar surface area (TPSA) is 50.3 Å². The van der Waals surface area contributed by atoms with E-state index in [9.17, 15) is 8.42 Å². The summed E-state index contributed by atoms with van der Waals surface area (Å²) in [6, 6.07) is 7.91. The Morgan fingerprint density at radius 3 is 2.95 bits per heavy atom. The Labute approximate surface area is 123 Å². The van der Waals surface area contributed by atoms with Gasteiger partial charge in [-0.3, -0.25) is 0 Å². The van der Waals surface area contributed by atoms with Gasteiger partial charge in [0.25, 0.3) is 0 Å². The molecule has 1 aliphatic rings. The van der Waals surface area contributed by atoms with Crippen LogP contribution in [-0.4, -0.2) is 30.0 Å². The van der Waals surface area contributed by atoms with Crippen LogP contribution in [0.5, 0.6) is 0 Å². The van der Waals surface area contributed by atoms with Crippen molar-refractivity contribution in [1.82, 2.24) is 9.29 Å². The molecule has 2 heterocycles. The van der Waals surface area contributed by atoms with Crippen LogP contribution in [0, 0.1) is 0 Å². The molecular formula is C14H18N2O2S2. The van der Waals surface area contributed by atoms with Gasteiger partial charge >= 0.3 is 0 Å². The molecule has 0 spiro atoms. The smallest absolute Gasteiger partial charge is 0.214 e. The minimum Gasteiger partial charge on any atom is -0.239 e. The molecule has 0 N–H and O–H groups in total. The first kappa shape index (κ1) is 14.0. The third kappa shape index (κ3) is 2.47. The average Bonchev–Trinajstić information content (AvgIpc) is 3.05. The lowest BCUT2D eigenvalue weighted by Gasteiger charge is -2.22. The van der Waals surface area contributed by atoms with E-state index in [0.717, 1.165) is 28.1 Å². The summed E-state index contributed by atoms with van der Waals surface area (Å²) in [4.78, 5) is 4.63. The lowest BCUT2D eigenvalue weighted by molar-refractivity contribution is 0.396. The van der Waals surface area contributed by atoms with E-state index in [1.807, 2.05) is 31.2 Å². The maximum Gasteiger partial charge on any atom is 0.214 e. The van der Waals surface area contributed by atoms with Crippen LogP contribution in [0.2, 0.25) is 0 Å². The highest BCUT2D eigenvalue weighted by Gasteiger charge is 2.36. The number of hydrogen-bond acceptors (Lipinski definition) is 4. The lowest BCUT2D eigenvalue weighted by atomic mass is 10.2. The van der Waals surface area contributed by atoms with Crippen molar-refractivity contribution in [2.24, 2.45) is 0 Å². The molecule has 0 saturated carbocycles. The molecule has 20 heavy (non-hydrogen) atoms. The molecule has 0 unspecified atom stereocenters. The Bertz CT molecular complexity index is 676. The van der Waals surface area contributed by atoms with Crippen LogP contribution in [0.15, 0.2) is 24.3 Å². The molecule has 1 saturated heterocycles. The van der Waals surface area contributed by atoms with Crippen LogP contribution in [0.1, 0.15) is 37.2 Å². The molecule has 1 atom stereocenters. The molecule has 1 aliphatic heterocycles. The number of thiazole rings is 1. The van der Waals surface area contributed by atoms with Gasteiger partial charge in [0.15, 0.2) is 0 Å².